The number of anilines is 1. The van der Waals surface area contributed by atoms with Gasteiger partial charge in [-0.2, -0.15) is 0 Å². The van der Waals surface area contributed by atoms with E-state index < -0.39 is 6.04 Å². The standard InChI is InChI=1S/C24H22FN3O4S/c1-13(22(29)27-17-9-10-18(31-3)19(11-17)32-4)28-12-26-23-21(24(28)30)20(14(2)33-23)15-5-7-16(25)8-6-15/h5-13H,1-4H3,(H,27,29). The van der Waals surface area contributed by atoms with Gasteiger partial charge in [0.25, 0.3) is 5.56 Å². The minimum Gasteiger partial charge on any atom is -0.493 e. The van der Waals surface area contributed by atoms with Crippen LogP contribution in [-0.4, -0.2) is 29.7 Å². The van der Waals surface area contributed by atoms with Crippen LogP contribution in [0.5, 0.6) is 11.5 Å². The smallest absolute Gasteiger partial charge is 0.263 e. The number of nitrogens with zero attached hydrogens (tertiary/aromatic N) is 2. The maximum atomic E-state index is 13.4. The first-order chi connectivity index (χ1) is 15.8. The monoisotopic (exact) mass is 467 g/mol. The zero-order valence-electron chi connectivity index (χ0n) is 18.5. The van der Waals surface area contributed by atoms with Crippen molar-refractivity contribution in [3.8, 4) is 22.6 Å². The molecule has 1 unspecified atom stereocenters. The molecule has 0 aliphatic heterocycles. The molecule has 2 aromatic carbocycles. The number of aromatic nitrogens is 2. The van der Waals surface area contributed by atoms with Gasteiger partial charge >= 0.3 is 0 Å². The number of carbonyl (C=O) groups is 1. The maximum Gasteiger partial charge on any atom is 0.263 e. The van der Waals surface area contributed by atoms with Gasteiger partial charge < -0.3 is 14.8 Å². The fourth-order valence-corrected chi connectivity index (χ4v) is 4.65. The van der Waals surface area contributed by atoms with Gasteiger partial charge in [-0.25, -0.2) is 9.37 Å². The number of rotatable bonds is 6. The number of hydrogen-bond donors (Lipinski definition) is 1. The molecule has 0 radical (unpaired) electrons. The van der Waals surface area contributed by atoms with Gasteiger partial charge in [0, 0.05) is 22.2 Å². The lowest BCUT2D eigenvalue weighted by Gasteiger charge is -2.16. The zero-order valence-corrected chi connectivity index (χ0v) is 19.3. The summed E-state index contributed by atoms with van der Waals surface area (Å²) >= 11 is 1.39. The van der Waals surface area contributed by atoms with Crippen molar-refractivity contribution in [1.82, 2.24) is 9.55 Å². The van der Waals surface area contributed by atoms with Crippen LogP contribution in [0, 0.1) is 12.7 Å². The lowest BCUT2D eigenvalue weighted by Crippen LogP contribution is -2.31. The summed E-state index contributed by atoms with van der Waals surface area (Å²) in [5.41, 5.74) is 1.59. The number of halogens is 1. The van der Waals surface area contributed by atoms with Crippen molar-refractivity contribution in [2.24, 2.45) is 0 Å². The molecule has 4 aromatic rings. The predicted molar refractivity (Wildman–Crippen MR) is 127 cm³/mol. The lowest BCUT2D eigenvalue weighted by atomic mass is 10.0. The first-order valence-corrected chi connectivity index (χ1v) is 10.9. The summed E-state index contributed by atoms with van der Waals surface area (Å²) in [5.74, 6) is 0.268. The van der Waals surface area contributed by atoms with E-state index in [0.29, 0.717) is 33.0 Å². The number of thiophene rings is 1. The highest BCUT2D eigenvalue weighted by Crippen LogP contribution is 2.35. The Kier molecular flexibility index (Phi) is 6.15. The van der Waals surface area contributed by atoms with Gasteiger partial charge in [-0.3, -0.25) is 14.2 Å². The fraction of sp³-hybridized carbons (Fsp3) is 0.208. The molecule has 2 heterocycles. The molecule has 0 saturated carbocycles. The Balaban J connectivity index is 1.70. The van der Waals surface area contributed by atoms with Crippen LogP contribution in [0.15, 0.2) is 53.6 Å². The summed E-state index contributed by atoms with van der Waals surface area (Å²) < 4.78 is 25.2. The number of methoxy groups -OCH3 is 2. The second kappa shape index (κ2) is 9.03. The first-order valence-electron chi connectivity index (χ1n) is 10.1. The van der Waals surface area contributed by atoms with Crippen LogP contribution in [0.1, 0.15) is 17.8 Å². The van der Waals surface area contributed by atoms with E-state index in [1.165, 1.54) is 48.6 Å². The molecule has 7 nitrogen and oxygen atoms in total. The van der Waals surface area contributed by atoms with E-state index in [1.54, 1.807) is 37.3 Å². The second-order valence-corrected chi connectivity index (χ2v) is 8.62. The van der Waals surface area contributed by atoms with Gasteiger partial charge in [0.05, 0.1) is 25.9 Å². The van der Waals surface area contributed by atoms with Crippen molar-refractivity contribution >= 4 is 33.1 Å². The summed E-state index contributed by atoms with van der Waals surface area (Å²) in [7, 11) is 3.04. The highest BCUT2D eigenvalue weighted by molar-refractivity contribution is 7.19. The molecule has 33 heavy (non-hydrogen) atoms. The van der Waals surface area contributed by atoms with Crippen LogP contribution in [0.3, 0.4) is 0 Å². The van der Waals surface area contributed by atoms with Gasteiger partial charge in [-0.15, -0.1) is 11.3 Å². The molecule has 1 N–H and O–H groups in total. The van der Waals surface area contributed by atoms with E-state index in [1.807, 2.05) is 6.92 Å². The molecule has 0 spiro atoms. The number of fused-ring (bicyclic) bond motifs is 1. The zero-order chi connectivity index (χ0) is 23.7. The SMILES string of the molecule is COc1ccc(NC(=O)C(C)n2cnc3sc(C)c(-c4ccc(F)cc4)c3c2=O)cc1OC. The van der Waals surface area contributed by atoms with Gasteiger partial charge in [-0.1, -0.05) is 12.1 Å². The third kappa shape index (κ3) is 4.19. The van der Waals surface area contributed by atoms with Crippen LogP contribution < -0.4 is 20.3 Å². The molecular formula is C24H22FN3O4S. The number of carbonyl (C=O) groups excluding carboxylic acids is 1. The molecule has 170 valence electrons. The van der Waals surface area contributed by atoms with Gasteiger partial charge in [0.2, 0.25) is 5.91 Å². The number of benzene rings is 2. The van der Waals surface area contributed by atoms with Crippen molar-refractivity contribution in [3.05, 3.63) is 69.8 Å². The number of amides is 1. The van der Waals surface area contributed by atoms with Crippen LogP contribution >= 0.6 is 11.3 Å². The summed E-state index contributed by atoms with van der Waals surface area (Å²) in [6.45, 7) is 3.52. The average molecular weight is 468 g/mol. The Morgan fingerprint density at radius 2 is 1.82 bits per heavy atom. The molecule has 1 atom stereocenters. The highest BCUT2D eigenvalue weighted by atomic mass is 32.1. The van der Waals surface area contributed by atoms with Crippen molar-refractivity contribution in [2.45, 2.75) is 19.9 Å². The van der Waals surface area contributed by atoms with E-state index in [4.69, 9.17) is 9.47 Å². The normalized spacial score (nSPS) is 11.9. The molecule has 0 aliphatic carbocycles. The summed E-state index contributed by atoms with van der Waals surface area (Å²) in [6, 6.07) is 10.2. The average Bonchev–Trinajstić information content (AvgIpc) is 3.16. The van der Waals surface area contributed by atoms with Crippen LogP contribution in [0.4, 0.5) is 10.1 Å². The first kappa shape index (κ1) is 22.5. The van der Waals surface area contributed by atoms with Crippen LogP contribution in [0.2, 0.25) is 0 Å². The Bertz CT molecular complexity index is 1400. The van der Waals surface area contributed by atoms with Crippen molar-refractivity contribution in [3.63, 3.8) is 0 Å². The summed E-state index contributed by atoms with van der Waals surface area (Å²) in [4.78, 5) is 32.2. The third-order valence-corrected chi connectivity index (χ3v) is 6.41. The topological polar surface area (TPSA) is 82.5 Å². The largest absolute Gasteiger partial charge is 0.493 e. The summed E-state index contributed by atoms with van der Waals surface area (Å²) in [6.07, 6.45) is 1.38. The minimum atomic E-state index is -0.830. The van der Waals surface area contributed by atoms with Crippen molar-refractivity contribution in [1.29, 1.82) is 0 Å². The van der Waals surface area contributed by atoms with Crippen LogP contribution in [0.25, 0.3) is 21.3 Å². The fourth-order valence-electron chi connectivity index (χ4n) is 3.64. The Hall–Kier alpha value is -3.72. The second-order valence-electron chi connectivity index (χ2n) is 7.41. The molecule has 2 aromatic heterocycles. The Labute approximate surface area is 193 Å². The van der Waals surface area contributed by atoms with Crippen molar-refractivity contribution in [2.75, 3.05) is 19.5 Å². The molecule has 0 aliphatic rings. The highest BCUT2D eigenvalue weighted by Gasteiger charge is 2.22. The van der Waals surface area contributed by atoms with Crippen LogP contribution in [-0.2, 0) is 4.79 Å². The Morgan fingerprint density at radius 3 is 2.48 bits per heavy atom. The molecular weight excluding hydrogens is 445 g/mol. The summed E-state index contributed by atoms with van der Waals surface area (Å²) in [5, 5.41) is 3.21. The van der Waals surface area contributed by atoms with Gasteiger partial charge in [0.1, 0.15) is 16.7 Å². The lowest BCUT2D eigenvalue weighted by molar-refractivity contribution is -0.118. The van der Waals surface area contributed by atoms with Gasteiger partial charge in [-0.05, 0) is 43.7 Å². The molecule has 4 rings (SSSR count). The molecule has 0 saturated heterocycles. The molecule has 0 bridgehead atoms. The van der Waals surface area contributed by atoms with E-state index in [0.717, 1.165) is 10.4 Å². The van der Waals surface area contributed by atoms with E-state index in [2.05, 4.69) is 10.3 Å². The minimum absolute atomic E-state index is 0.335. The van der Waals surface area contributed by atoms with E-state index in [-0.39, 0.29) is 17.3 Å². The third-order valence-electron chi connectivity index (χ3n) is 5.39. The molecule has 0 fully saturated rings. The number of aryl methyl sites for hydroxylation is 1. The van der Waals surface area contributed by atoms with Gasteiger partial charge in [0.15, 0.2) is 11.5 Å². The van der Waals surface area contributed by atoms with E-state index in [9.17, 15) is 14.0 Å². The molecule has 9 heteroatoms. The van der Waals surface area contributed by atoms with Crippen molar-refractivity contribution < 1.29 is 18.7 Å². The number of ether oxygens (including phenoxy) is 2. The quantitative estimate of drug-likeness (QED) is 0.441. The molecule has 1 amide bonds. The number of nitrogens with one attached hydrogen (secondary N) is 1. The number of hydrogen-bond acceptors (Lipinski definition) is 6. The van der Waals surface area contributed by atoms with E-state index >= 15 is 0 Å². The Morgan fingerprint density at radius 1 is 1.12 bits per heavy atom. The predicted octanol–water partition coefficient (Wildman–Crippen LogP) is 4.79. The maximum absolute atomic E-state index is 13.4.